The maximum absolute atomic E-state index is 12.3. The lowest BCUT2D eigenvalue weighted by Crippen LogP contribution is -2.38. The van der Waals surface area contributed by atoms with Crippen molar-refractivity contribution in [3.8, 4) is 5.75 Å². The van der Waals surface area contributed by atoms with E-state index in [-0.39, 0.29) is 5.78 Å². The van der Waals surface area contributed by atoms with Crippen LogP contribution >= 0.6 is 0 Å². The molecule has 0 spiro atoms. The van der Waals surface area contributed by atoms with Crippen molar-refractivity contribution in [2.75, 3.05) is 7.11 Å². The SMILES string of the molecule is COc1cncc(C(=O)CC2CC3CCC(C2)N3)c1. The topological polar surface area (TPSA) is 51.2 Å². The van der Waals surface area contributed by atoms with E-state index in [0.29, 0.717) is 35.7 Å². The molecule has 19 heavy (non-hydrogen) atoms. The molecule has 2 unspecified atom stereocenters. The number of rotatable bonds is 4. The first-order valence-corrected chi connectivity index (χ1v) is 7.03. The number of nitrogens with one attached hydrogen (secondary N) is 1. The molecule has 3 rings (SSSR count). The number of ether oxygens (including phenoxy) is 1. The van der Waals surface area contributed by atoms with Gasteiger partial charge in [0.1, 0.15) is 5.75 Å². The minimum absolute atomic E-state index is 0.192. The number of pyridine rings is 1. The van der Waals surface area contributed by atoms with Crippen molar-refractivity contribution in [2.45, 2.75) is 44.2 Å². The van der Waals surface area contributed by atoms with Crippen molar-refractivity contribution in [1.82, 2.24) is 10.3 Å². The van der Waals surface area contributed by atoms with Crippen molar-refractivity contribution in [2.24, 2.45) is 5.92 Å². The summed E-state index contributed by atoms with van der Waals surface area (Å²) in [6.07, 6.45) is 8.73. The van der Waals surface area contributed by atoms with Gasteiger partial charge in [0.2, 0.25) is 0 Å². The number of nitrogens with zero attached hydrogens (tertiary/aromatic N) is 1. The Kier molecular flexibility index (Phi) is 3.51. The average molecular weight is 260 g/mol. The van der Waals surface area contributed by atoms with Crippen molar-refractivity contribution in [1.29, 1.82) is 0 Å². The van der Waals surface area contributed by atoms with Crippen LogP contribution in [0.4, 0.5) is 0 Å². The molecule has 3 heterocycles. The summed E-state index contributed by atoms with van der Waals surface area (Å²) in [5.41, 5.74) is 0.672. The Bertz CT molecular complexity index is 463. The van der Waals surface area contributed by atoms with Gasteiger partial charge in [-0.2, -0.15) is 0 Å². The van der Waals surface area contributed by atoms with E-state index >= 15 is 0 Å². The second kappa shape index (κ2) is 5.29. The number of methoxy groups -OCH3 is 1. The number of aromatic nitrogens is 1. The third-order valence-electron chi connectivity index (χ3n) is 4.32. The molecule has 0 amide bonds. The second-order valence-electron chi connectivity index (χ2n) is 5.72. The van der Waals surface area contributed by atoms with E-state index in [0.717, 1.165) is 12.8 Å². The number of carbonyl (C=O) groups is 1. The molecular formula is C15H20N2O2. The standard InChI is InChI=1S/C15H20N2O2/c1-19-14-7-11(8-16-9-14)15(18)6-10-4-12-2-3-13(5-10)17-12/h7-10,12-13,17H,2-6H2,1H3. The highest BCUT2D eigenvalue weighted by molar-refractivity contribution is 5.96. The molecular weight excluding hydrogens is 240 g/mol. The van der Waals surface area contributed by atoms with Gasteiger partial charge in [-0.3, -0.25) is 9.78 Å². The summed E-state index contributed by atoms with van der Waals surface area (Å²) in [5.74, 6) is 1.37. The molecule has 0 aliphatic carbocycles. The second-order valence-corrected chi connectivity index (χ2v) is 5.72. The molecule has 2 saturated heterocycles. The number of hydrogen-bond acceptors (Lipinski definition) is 4. The summed E-state index contributed by atoms with van der Waals surface area (Å²) in [6, 6.07) is 3.06. The Morgan fingerprint density at radius 1 is 1.37 bits per heavy atom. The number of fused-ring (bicyclic) bond motifs is 2. The van der Waals surface area contributed by atoms with E-state index in [1.807, 2.05) is 0 Å². The van der Waals surface area contributed by atoms with Crippen LogP contribution < -0.4 is 10.1 Å². The van der Waals surface area contributed by atoms with E-state index in [2.05, 4.69) is 10.3 Å². The van der Waals surface area contributed by atoms with Crippen molar-refractivity contribution < 1.29 is 9.53 Å². The van der Waals surface area contributed by atoms with Crippen LogP contribution in [0.3, 0.4) is 0 Å². The zero-order valence-corrected chi connectivity index (χ0v) is 11.3. The van der Waals surface area contributed by atoms with E-state index in [1.165, 1.54) is 12.8 Å². The molecule has 0 radical (unpaired) electrons. The van der Waals surface area contributed by atoms with Gasteiger partial charge in [-0.1, -0.05) is 0 Å². The minimum atomic E-state index is 0.192. The van der Waals surface area contributed by atoms with Gasteiger partial charge in [0.25, 0.3) is 0 Å². The minimum Gasteiger partial charge on any atom is -0.495 e. The first kappa shape index (κ1) is 12.6. The first-order valence-electron chi connectivity index (χ1n) is 7.03. The zero-order valence-electron chi connectivity index (χ0n) is 11.3. The van der Waals surface area contributed by atoms with Crippen molar-refractivity contribution in [3.63, 3.8) is 0 Å². The molecule has 2 aliphatic heterocycles. The number of piperidine rings is 1. The molecule has 4 heteroatoms. The number of ketones is 1. The zero-order chi connectivity index (χ0) is 13.2. The van der Waals surface area contributed by atoms with Crippen molar-refractivity contribution >= 4 is 5.78 Å². The Hall–Kier alpha value is -1.42. The molecule has 1 aromatic rings. The highest BCUT2D eigenvalue weighted by Crippen LogP contribution is 2.33. The molecule has 2 atom stereocenters. The van der Waals surface area contributed by atoms with Gasteiger partial charge in [-0.25, -0.2) is 0 Å². The van der Waals surface area contributed by atoms with E-state index in [9.17, 15) is 4.79 Å². The van der Waals surface area contributed by atoms with Crippen LogP contribution in [-0.4, -0.2) is 30.0 Å². The van der Waals surface area contributed by atoms with Gasteiger partial charge in [-0.05, 0) is 37.7 Å². The summed E-state index contributed by atoms with van der Waals surface area (Å²) in [7, 11) is 1.59. The molecule has 1 aromatic heterocycles. The fourth-order valence-corrected chi connectivity index (χ4v) is 3.40. The number of carbonyl (C=O) groups excluding carboxylic acids is 1. The third-order valence-corrected chi connectivity index (χ3v) is 4.32. The smallest absolute Gasteiger partial charge is 0.164 e. The molecule has 1 N–H and O–H groups in total. The summed E-state index contributed by atoms with van der Waals surface area (Å²) in [6.45, 7) is 0. The lowest BCUT2D eigenvalue weighted by molar-refractivity contribution is 0.0944. The van der Waals surface area contributed by atoms with Gasteiger partial charge in [0.15, 0.2) is 5.78 Å². The Labute approximate surface area is 113 Å². The molecule has 4 nitrogen and oxygen atoms in total. The Morgan fingerprint density at radius 2 is 2.11 bits per heavy atom. The summed E-state index contributed by atoms with van der Waals surface area (Å²) in [4.78, 5) is 16.4. The first-order chi connectivity index (χ1) is 9.24. The predicted octanol–water partition coefficient (Wildman–Crippen LogP) is 2.19. The van der Waals surface area contributed by atoms with Crippen LogP contribution in [0.5, 0.6) is 5.75 Å². The molecule has 2 fully saturated rings. The average Bonchev–Trinajstić information content (AvgIpc) is 2.78. The summed E-state index contributed by atoms with van der Waals surface area (Å²) in [5, 5.41) is 3.61. The quantitative estimate of drug-likeness (QED) is 0.843. The maximum Gasteiger partial charge on any atom is 0.164 e. The third kappa shape index (κ3) is 2.78. The van der Waals surface area contributed by atoms with Crippen molar-refractivity contribution in [3.05, 3.63) is 24.0 Å². The normalized spacial score (nSPS) is 29.2. The lowest BCUT2D eigenvalue weighted by Gasteiger charge is -2.28. The van der Waals surface area contributed by atoms with Gasteiger partial charge in [0, 0.05) is 30.3 Å². The molecule has 2 aliphatic rings. The molecule has 0 aromatic carbocycles. The fourth-order valence-electron chi connectivity index (χ4n) is 3.40. The summed E-state index contributed by atoms with van der Waals surface area (Å²) < 4.78 is 5.11. The predicted molar refractivity (Wildman–Crippen MR) is 72.4 cm³/mol. The number of hydrogen-bond donors (Lipinski definition) is 1. The highest BCUT2D eigenvalue weighted by atomic mass is 16.5. The van der Waals surface area contributed by atoms with Gasteiger partial charge in [0.05, 0.1) is 13.3 Å². The Balaban J connectivity index is 1.64. The molecule has 102 valence electrons. The van der Waals surface area contributed by atoms with Crippen LogP contribution in [0.2, 0.25) is 0 Å². The highest BCUT2D eigenvalue weighted by Gasteiger charge is 2.34. The van der Waals surface area contributed by atoms with Gasteiger partial charge >= 0.3 is 0 Å². The largest absolute Gasteiger partial charge is 0.495 e. The van der Waals surface area contributed by atoms with E-state index in [1.54, 1.807) is 25.6 Å². The van der Waals surface area contributed by atoms with E-state index < -0.39 is 0 Å². The lowest BCUT2D eigenvalue weighted by atomic mass is 9.87. The van der Waals surface area contributed by atoms with Crippen LogP contribution in [0.15, 0.2) is 18.5 Å². The number of Topliss-reactive ketones (excluding diaryl/α,β-unsaturated/α-hetero) is 1. The van der Waals surface area contributed by atoms with E-state index in [4.69, 9.17) is 4.74 Å². The van der Waals surface area contributed by atoms with Crippen LogP contribution in [0.25, 0.3) is 0 Å². The van der Waals surface area contributed by atoms with Crippen LogP contribution in [-0.2, 0) is 0 Å². The molecule has 0 saturated carbocycles. The fraction of sp³-hybridized carbons (Fsp3) is 0.600. The van der Waals surface area contributed by atoms with Crippen LogP contribution in [0, 0.1) is 5.92 Å². The Morgan fingerprint density at radius 3 is 2.79 bits per heavy atom. The van der Waals surface area contributed by atoms with Crippen LogP contribution in [0.1, 0.15) is 42.5 Å². The monoisotopic (exact) mass is 260 g/mol. The summed E-state index contributed by atoms with van der Waals surface area (Å²) >= 11 is 0. The van der Waals surface area contributed by atoms with Gasteiger partial charge < -0.3 is 10.1 Å². The maximum atomic E-state index is 12.3. The van der Waals surface area contributed by atoms with Gasteiger partial charge in [-0.15, -0.1) is 0 Å². The molecule has 2 bridgehead atoms.